The quantitative estimate of drug-likeness (QED) is 0.374. The second kappa shape index (κ2) is 12.7. The maximum absolute atomic E-state index is 13.7. The van der Waals surface area contributed by atoms with E-state index in [1.54, 1.807) is 44.2 Å². The third kappa shape index (κ3) is 5.67. The third-order valence-corrected chi connectivity index (χ3v) is 7.26. The molecule has 1 aliphatic heterocycles. The summed E-state index contributed by atoms with van der Waals surface area (Å²) in [5, 5.41) is 0. The molecule has 0 fully saturated rings. The molecule has 0 aliphatic carbocycles. The van der Waals surface area contributed by atoms with Crippen molar-refractivity contribution in [2.45, 2.75) is 33.6 Å². The van der Waals surface area contributed by atoms with Gasteiger partial charge in [0.25, 0.3) is 5.56 Å². The van der Waals surface area contributed by atoms with Gasteiger partial charge < -0.3 is 24.7 Å². The molecule has 9 nitrogen and oxygen atoms in total. The van der Waals surface area contributed by atoms with Crippen LogP contribution < -0.4 is 30.0 Å². The maximum atomic E-state index is 13.7. The van der Waals surface area contributed by atoms with Crippen molar-refractivity contribution in [3.05, 3.63) is 84.8 Å². The summed E-state index contributed by atoms with van der Waals surface area (Å²) in [6.07, 6.45) is 1.71. The van der Waals surface area contributed by atoms with Gasteiger partial charge in [0, 0.05) is 0 Å². The number of aromatic nitrogens is 1. The molecule has 0 saturated carbocycles. The Balaban J connectivity index is 2.01. The Kier molecular flexibility index (Phi) is 9.11. The molecule has 4 rings (SSSR count). The van der Waals surface area contributed by atoms with Crippen LogP contribution in [0.1, 0.15) is 44.7 Å². The van der Waals surface area contributed by atoms with E-state index in [-0.39, 0.29) is 30.2 Å². The van der Waals surface area contributed by atoms with Crippen molar-refractivity contribution in [1.82, 2.24) is 4.57 Å². The van der Waals surface area contributed by atoms with Gasteiger partial charge in [0.05, 0.1) is 48.0 Å². The Hall–Kier alpha value is -4.31. The third-order valence-electron chi connectivity index (χ3n) is 6.15. The molecule has 0 spiro atoms. The van der Waals surface area contributed by atoms with Gasteiger partial charge in [-0.15, -0.1) is 11.3 Å². The van der Waals surface area contributed by atoms with Crippen LogP contribution in [0.2, 0.25) is 0 Å². The van der Waals surface area contributed by atoms with Gasteiger partial charge in [-0.3, -0.25) is 9.36 Å². The molecule has 0 radical (unpaired) electrons. The van der Waals surface area contributed by atoms with Gasteiger partial charge in [-0.2, -0.15) is 0 Å². The van der Waals surface area contributed by atoms with Crippen LogP contribution in [0.25, 0.3) is 17.5 Å². The second-order valence-electron chi connectivity index (χ2n) is 8.65. The van der Waals surface area contributed by atoms with Gasteiger partial charge in [0.2, 0.25) is 0 Å². The van der Waals surface area contributed by atoms with Gasteiger partial charge in [-0.1, -0.05) is 24.3 Å². The van der Waals surface area contributed by atoms with Crippen LogP contribution in [0.15, 0.2) is 58.9 Å². The minimum absolute atomic E-state index is 0.00548. The molecule has 0 bridgehead atoms. The van der Waals surface area contributed by atoms with Gasteiger partial charge >= 0.3 is 11.9 Å². The zero-order valence-corrected chi connectivity index (χ0v) is 23.7. The number of nitrogens with two attached hydrogens (primary N) is 1. The van der Waals surface area contributed by atoms with Crippen molar-refractivity contribution in [2.75, 3.05) is 26.4 Å². The molecule has 0 unspecified atom stereocenters. The molecule has 10 heteroatoms. The topological polar surface area (TPSA) is 119 Å². The lowest BCUT2D eigenvalue weighted by Gasteiger charge is -2.27. The molecule has 0 amide bonds. The zero-order valence-electron chi connectivity index (χ0n) is 22.9. The summed E-state index contributed by atoms with van der Waals surface area (Å²) in [6, 6.07) is 14.3. The highest BCUT2D eigenvalue weighted by atomic mass is 32.1. The van der Waals surface area contributed by atoms with Gasteiger partial charge in [0.15, 0.2) is 0 Å². The molecular formula is C30H32N2O7S. The zero-order chi connectivity index (χ0) is 28.8. The minimum Gasteiger partial charge on any atom is -0.494 e. The smallest absolute Gasteiger partial charge is 0.338 e. The van der Waals surface area contributed by atoms with Crippen molar-refractivity contribution in [2.24, 2.45) is 5.73 Å². The van der Waals surface area contributed by atoms with E-state index >= 15 is 0 Å². The highest BCUT2D eigenvalue weighted by Gasteiger charge is 2.40. The average molecular weight is 565 g/mol. The number of hydrogen-bond donors (Lipinski definition) is 1. The fourth-order valence-corrected chi connectivity index (χ4v) is 5.66. The standard InChI is InChI=1S/C30H32N2O7S/c1-5-36-20-13-9-18(10-14-20)17-22-27(33)32-26(31)24(29(34)38-7-3)23(19-11-15-21(16-12-19)37-6-2)25(28(32)40-22)30(35)39-8-4/h9-17,23H,5-8,31H2,1-4H3/b22-17-/t23-/m0/s1. The number of ether oxygens (including phenoxy) is 4. The number of hydrogen-bond acceptors (Lipinski definition) is 9. The highest BCUT2D eigenvalue weighted by molar-refractivity contribution is 7.07. The van der Waals surface area contributed by atoms with Crippen LogP contribution in [0, 0.1) is 0 Å². The second-order valence-corrected chi connectivity index (χ2v) is 9.68. The molecule has 1 atom stereocenters. The Bertz CT molecular complexity index is 1600. The van der Waals surface area contributed by atoms with Crippen molar-refractivity contribution in [3.63, 3.8) is 0 Å². The Morgan fingerprint density at radius 2 is 1.35 bits per heavy atom. The predicted octanol–water partition coefficient (Wildman–Crippen LogP) is 2.74. The molecule has 2 heterocycles. The Labute approximate surface area is 235 Å². The summed E-state index contributed by atoms with van der Waals surface area (Å²) in [5.41, 5.74) is 7.58. The fraction of sp³-hybridized carbons (Fsp3) is 0.300. The molecule has 0 saturated heterocycles. The van der Waals surface area contributed by atoms with E-state index in [0.29, 0.717) is 39.5 Å². The van der Waals surface area contributed by atoms with E-state index in [0.717, 1.165) is 16.9 Å². The first-order valence-electron chi connectivity index (χ1n) is 13.1. The lowest BCUT2D eigenvalue weighted by molar-refractivity contribution is -0.138. The summed E-state index contributed by atoms with van der Waals surface area (Å²) in [4.78, 5) is 40.5. The number of fused-ring (bicyclic) bond motifs is 1. The molecule has 210 valence electrons. The average Bonchev–Trinajstić information content (AvgIpc) is 3.26. The van der Waals surface area contributed by atoms with Crippen molar-refractivity contribution < 1.29 is 28.5 Å². The molecule has 1 aliphatic rings. The predicted molar refractivity (Wildman–Crippen MR) is 153 cm³/mol. The monoisotopic (exact) mass is 564 g/mol. The summed E-state index contributed by atoms with van der Waals surface area (Å²) in [7, 11) is 0. The number of carbonyl (C=O) groups excluding carboxylic acids is 2. The first-order valence-corrected chi connectivity index (χ1v) is 13.9. The van der Waals surface area contributed by atoms with E-state index in [1.165, 1.54) is 4.57 Å². The molecule has 40 heavy (non-hydrogen) atoms. The summed E-state index contributed by atoms with van der Waals surface area (Å²) < 4.78 is 23.7. The van der Waals surface area contributed by atoms with Crippen molar-refractivity contribution in [1.29, 1.82) is 0 Å². The normalized spacial score (nSPS) is 15.1. The van der Waals surface area contributed by atoms with E-state index in [2.05, 4.69) is 0 Å². The van der Waals surface area contributed by atoms with Crippen LogP contribution in [-0.2, 0) is 19.1 Å². The van der Waals surface area contributed by atoms with Gasteiger partial charge in [0.1, 0.15) is 22.0 Å². The highest BCUT2D eigenvalue weighted by Crippen LogP contribution is 2.38. The van der Waals surface area contributed by atoms with Crippen LogP contribution in [0.4, 0.5) is 0 Å². The minimum atomic E-state index is -0.926. The summed E-state index contributed by atoms with van der Waals surface area (Å²) >= 11 is 1.11. The first kappa shape index (κ1) is 28.7. The fourth-order valence-electron chi connectivity index (χ4n) is 4.50. The molecule has 1 aromatic heterocycles. The number of nitrogens with zero attached hydrogens (tertiary/aromatic N) is 1. The SMILES string of the molecule is CCOC(=O)C1=C(N)n2c(s/c(=C\c3ccc(OCC)cc3)c2=O)=C(C(=O)OCC)[C@H]1c1ccc(OCC)cc1. The summed E-state index contributed by atoms with van der Waals surface area (Å²) in [5.74, 6) is -1.04. The largest absolute Gasteiger partial charge is 0.494 e. The van der Waals surface area contributed by atoms with Gasteiger partial charge in [-0.05, 0) is 69.2 Å². The number of esters is 2. The lowest BCUT2D eigenvalue weighted by atomic mass is 9.83. The Morgan fingerprint density at radius 3 is 1.88 bits per heavy atom. The first-order chi connectivity index (χ1) is 19.3. The van der Waals surface area contributed by atoms with E-state index in [9.17, 15) is 14.4 Å². The number of carbonyl (C=O) groups is 2. The molecule has 2 aromatic carbocycles. The van der Waals surface area contributed by atoms with Crippen LogP contribution in [0.3, 0.4) is 0 Å². The lowest BCUT2D eigenvalue weighted by Crippen LogP contribution is -2.42. The molecule has 2 N–H and O–H groups in total. The van der Waals surface area contributed by atoms with E-state index in [4.69, 9.17) is 24.7 Å². The summed E-state index contributed by atoms with van der Waals surface area (Å²) in [6.45, 7) is 8.36. The van der Waals surface area contributed by atoms with Crippen molar-refractivity contribution >= 4 is 40.7 Å². The number of benzene rings is 2. The van der Waals surface area contributed by atoms with Crippen LogP contribution in [0.5, 0.6) is 11.5 Å². The molecule has 3 aromatic rings. The molecular weight excluding hydrogens is 532 g/mol. The Morgan fingerprint density at radius 1 is 0.825 bits per heavy atom. The van der Waals surface area contributed by atoms with E-state index in [1.807, 2.05) is 38.1 Å². The van der Waals surface area contributed by atoms with Crippen LogP contribution in [-0.4, -0.2) is 42.9 Å². The maximum Gasteiger partial charge on any atom is 0.338 e. The van der Waals surface area contributed by atoms with Crippen molar-refractivity contribution in [3.8, 4) is 11.5 Å². The number of thiazole rings is 1. The van der Waals surface area contributed by atoms with Gasteiger partial charge in [-0.25, -0.2) is 9.59 Å². The van der Waals surface area contributed by atoms with Crippen LogP contribution >= 0.6 is 11.3 Å². The van der Waals surface area contributed by atoms with E-state index < -0.39 is 23.4 Å². The number of rotatable bonds is 10.